The molecule has 1 atom stereocenters. The fourth-order valence-corrected chi connectivity index (χ4v) is 4.16. The number of nitrogens with one attached hydrogen (secondary N) is 2. The molecule has 30 heavy (non-hydrogen) atoms. The molecule has 2 aromatic heterocycles. The van der Waals surface area contributed by atoms with Crippen LogP contribution in [0.5, 0.6) is 0 Å². The normalized spacial score (nSPS) is 14.8. The lowest BCUT2D eigenvalue weighted by molar-refractivity contribution is -0.384. The molecule has 1 unspecified atom stereocenters. The molecule has 0 saturated heterocycles. The van der Waals surface area contributed by atoms with E-state index in [1.54, 1.807) is 25.4 Å². The summed E-state index contributed by atoms with van der Waals surface area (Å²) in [5, 5.41) is 22.4. The van der Waals surface area contributed by atoms with E-state index in [9.17, 15) is 19.7 Å². The smallest absolute Gasteiger partial charge is 0.332 e. The van der Waals surface area contributed by atoms with E-state index in [0.717, 1.165) is 21.0 Å². The van der Waals surface area contributed by atoms with Crippen LogP contribution in [-0.2, 0) is 14.1 Å². The largest absolute Gasteiger partial charge is 0.341 e. The van der Waals surface area contributed by atoms with Crippen molar-refractivity contribution in [2.45, 2.75) is 5.92 Å². The number of rotatable bonds is 2. The topological polar surface area (TPSA) is 128 Å². The maximum Gasteiger partial charge on any atom is 0.332 e. The van der Waals surface area contributed by atoms with E-state index in [0.29, 0.717) is 22.6 Å². The zero-order valence-corrected chi connectivity index (χ0v) is 16.0. The first-order valence-electron chi connectivity index (χ1n) is 9.15. The molecule has 4 aromatic rings. The third kappa shape index (κ3) is 2.33. The van der Waals surface area contributed by atoms with Crippen molar-refractivity contribution in [1.82, 2.24) is 19.3 Å². The van der Waals surface area contributed by atoms with Gasteiger partial charge in [-0.05, 0) is 23.3 Å². The minimum atomic E-state index is -0.622. The van der Waals surface area contributed by atoms with Crippen LogP contribution in [0.25, 0.3) is 10.9 Å². The number of hydrogen-bond acceptors (Lipinski definition) is 6. The minimum Gasteiger partial charge on any atom is -0.341 e. The van der Waals surface area contributed by atoms with Crippen molar-refractivity contribution in [1.29, 1.82) is 0 Å². The standard InChI is InChI=1S/C20H16N6O4/c1-24-18-17(19(27)25(2)20(24)28)15(10-4-3-5-11(8-10)26(29)30)16-12-9-21-23-13(12)6-7-14(16)22-18/h3-9,15,22H,1-2H3,(H,21,23). The number of hydrogen-bond donors (Lipinski definition) is 2. The van der Waals surface area contributed by atoms with Gasteiger partial charge in [0.05, 0.1) is 22.2 Å². The number of nitrogens with zero attached hydrogens (tertiary/aromatic N) is 4. The number of benzene rings is 2. The second kappa shape index (κ2) is 6.14. The number of nitro benzene ring substituents is 1. The molecule has 0 amide bonds. The van der Waals surface area contributed by atoms with E-state index in [-0.39, 0.29) is 5.69 Å². The summed E-state index contributed by atoms with van der Waals surface area (Å²) in [5.74, 6) is -0.252. The summed E-state index contributed by atoms with van der Waals surface area (Å²) >= 11 is 0. The molecule has 0 fully saturated rings. The lowest BCUT2D eigenvalue weighted by Crippen LogP contribution is -2.42. The van der Waals surface area contributed by atoms with Crippen molar-refractivity contribution in [3.8, 4) is 0 Å². The number of non-ortho nitro benzene ring substituents is 1. The molecule has 0 spiro atoms. The van der Waals surface area contributed by atoms with Crippen molar-refractivity contribution in [2.24, 2.45) is 14.1 Å². The maximum absolute atomic E-state index is 13.2. The van der Waals surface area contributed by atoms with Crippen molar-refractivity contribution >= 4 is 28.1 Å². The molecule has 10 nitrogen and oxygen atoms in total. The lowest BCUT2D eigenvalue weighted by atomic mass is 9.81. The predicted octanol–water partition coefficient (Wildman–Crippen LogP) is 2.11. The Morgan fingerprint density at radius 1 is 1.10 bits per heavy atom. The monoisotopic (exact) mass is 404 g/mol. The molecule has 150 valence electrons. The Morgan fingerprint density at radius 3 is 2.67 bits per heavy atom. The summed E-state index contributed by atoms with van der Waals surface area (Å²) in [6.07, 6.45) is 1.66. The van der Waals surface area contributed by atoms with E-state index in [1.807, 2.05) is 12.1 Å². The minimum absolute atomic E-state index is 0.0739. The van der Waals surface area contributed by atoms with Crippen LogP contribution in [-0.4, -0.2) is 24.3 Å². The Bertz CT molecular complexity index is 1480. The number of fused-ring (bicyclic) bond motifs is 4. The van der Waals surface area contributed by atoms with Gasteiger partial charge in [-0.15, -0.1) is 0 Å². The fraction of sp³-hybridized carbons (Fsp3) is 0.150. The average molecular weight is 404 g/mol. The van der Waals surface area contributed by atoms with Gasteiger partial charge in [0.1, 0.15) is 5.82 Å². The van der Waals surface area contributed by atoms with E-state index >= 15 is 0 Å². The Morgan fingerprint density at radius 2 is 1.90 bits per heavy atom. The van der Waals surface area contributed by atoms with Crippen LogP contribution < -0.4 is 16.6 Å². The van der Waals surface area contributed by atoms with Gasteiger partial charge in [-0.1, -0.05) is 12.1 Å². The summed E-state index contributed by atoms with van der Waals surface area (Å²) in [5.41, 5.74) is 2.19. The van der Waals surface area contributed by atoms with Crippen LogP contribution in [0, 0.1) is 10.1 Å². The number of aromatic amines is 1. The molecule has 0 saturated carbocycles. The van der Waals surface area contributed by atoms with Crippen LogP contribution in [0.15, 0.2) is 52.2 Å². The predicted molar refractivity (Wildman–Crippen MR) is 110 cm³/mol. The van der Waals surface area contributed by atoms with E-state index in [1.165, 1.54) is 23.7 Å². The first-order chi connectivity index (χ1) is 14.4. The van der Waals surface area contributed by atoms with Crippen LogP contribution in [0.1, 0.15) is 22.6 Å². The van der Waals surface area contributed by atoms with Gasteiger partial charge in [0.15, 0.2) is 0 Å². The zero-order chi connectivity index (χ0) is 21.2. The molecule has 0 radical (unpaired) electrons. The maximum atomic E-state index is 13.2. The number of nitro groups is 1. The summed E-state index contributed by atoms with van der Waals surface area (Å²) in [4.78, 5) is 36.7. The highest BCUT2D eigenvalue weighted by Gasteiger charge is 2.34. The van der Waals surface area contributed by atoms with Crippen LogP contribution in [0.3, 0.4) is 0 Å². The molecule has 0 bridgehead atoms. The molecule has 3 heterocycles. The van der Waals surface area contributed by atoms with Gasteiger partial charge in [0.25, 0.3) is 11.2 Å². The SMILES string of the molecule is Cn1c2c(c(=O)n(C)c1=O)C(c1cccc([N+](=O)[O-])c1)c1c(ccc3[nH]ncc13)N2. The highest BCUT2D eigenvalue weighted by atomic mass is 16.6. The first-order valence-corrected chi connectivity index (χ1v) is 9.15. The molecule has 1 aliphatic heterocycles. The summed E-state index contributed by atoms with van der Waals surface area (Å²) in [7, 11) is 3.00. The summed E-state index contributed by atoms with van der Waals surface area (Å²) < 4.78 is 2.43. The Kier molecular flexibility index (Phi) is 3.66. The third-order valence-corrected chi connectivity index (χ3v) is 5.61. The number of anilines is 2. The molecular formula is C20H16N6O4. The Balaban J connectivity index is 1.93. The third-order valence-electron chi connectivity index (χ3n) is 5.61. The average Bonchev–Trinajstić information content (AvgIpc) is 3.24. The Hall–Kier alpha value is -4.21. The molecule has 5 rings (SSSR count). The van der Waals surface area contributed by atoms with Gasteiger partial charge >= 0.3 is 5.69 Å². The van der Waals surface area contributed by atoms with E-state index < -0.39 is 22.1 Å². The van der Waals surface area contributed by atoms with Gasteiger partial charge in [0.2, 0.25) is 0 Å². The second-order valence-electron chi connectivity index (χ2n) is 7.24. The van der Waals surface area contributed by atoms with Crippen molar-refractivity contribution in [3.63, 3.8) is 0 Å². The summed E-state index contributed by atoms with van der Waals surface area (Å²) in [6.45, 7) is 0. The van der Waals surface area contributed by atoms with E-state index in [2.05, 4.69) is 15.5 Å². The highest BCUT2D eigenvalue weighted by Crippen LogP contribution is 2.46. The first kappa shape index (κ1) is 17.9. The zero-order valence-electron chi connectivity index (χ0n) is 16.0. The summed E-state index contributed by atoms with van der Waals surface area (Å²) in [6, 6.07) is 9.90. The Labute approximate surface area is 168 Å². The van der Waals surface area contributed by atoms with Crippen molar-refractivity contribution in [2.75, 3.05) is 5.32 Å². The molecule has 2 N–H and O–H groups in total. The lowest BCUT2D eigenvalue weighted by Gasteiger charge is -2.31. The number of H-pyrrole nitrogens is 1. The molecular weight excluding hydrogens is 388 g/mol. The van der Waals surface area contributed by atoms with Crippen LogP contribution in [0.4, 0.5) is 17.2 Å². The molecule has 10 heteroatoms. The molecule has 2 aromatic carbocycles. The van der Waals surface area contributed by atoms with Crippen molar-refractivity contribution < 1.29 is 4.92 Å². The van der Waals surface area contributed by atoms with E-state index in [4.69, 9.17) is 0 Å². The highest BCUT2D eigenvalue weighted by molar-refractivity contribution is 5.92. The number of aromatic nitrogens is 4. The van der Waals surface area contributed by atoms with Gasteiger partial charge in [-0.3, -0.25) is 29.1 Å². The van der Waals surface area contributed by atoms with Crippen LogP contribution >= 0.6 is 0 Å². The quantitative estimate of drug-likeness (QED) is 0.343. The molecule has 1 aliphatic rings. The van der Waals surface area contributed by atoms with Gasteiger partial charge < -0.3 is 5.32 Å². The second-order valence-corrected chi connectivity index (χ2v) is 7.24. The molecule has 0 aliphatic carbocycles. The van der Waals surface area contributed by atoms with Gasteiger partial charge in [0, 0.05) is 43.2 Å². The van der Waals surface area contributed by atoms with Crippen LogP contribution in [0.2, 0.25) is 0 Å². The van der Waals surface area contributed by atoms with Gasteiger partial charge in [-0.25, -0.2) is 4.79 Å². The van der Waals surface area contributed by atoms with Crippen molar-refractivity contribution in [3.05, 3.63) is 90.2 Å². The van der Waals surface area contributed by atoms with Gasteiger partial charge in [-0.2, -0.15) is 5.10 Å². The fourth-order valence-electron chi connectivity index (χ4n) is 4.16.